The van der Waals surface area contributed by atoms with Crippen LogP contribution in [0.15, 0.2) is 41.3 Å². The molecule has 0 spiro atoms. The van der Waals surface area contributed by atoms with Gasteiger partial charge in [0, 0.05) is 31.5 Å². The standard InChI is InChI=1S/C18H17F3N6O2/c1-10-8-11(4-5-13(10)26(2)3)23-17(29)12-9-22-27(16(12)18(19,20)21)14-6-7-15(28)25-24-14/h4-9H,1-3H3,(H,23,29)(H,25,28). The first-order valence-electron chi connectivity index (χ1n) is 8.38. The van der Waals surface area contributed by atoms with Crippen LogP contribution in [-0.2, 0) is 6.18 Å². The number of rotatable bonds is 4. The summed E-state index contributed by atoms with van der Waals surface area (Å²) in [4.78, 5) is 25.5. The second-order valence-corrected chi connectivity index (χ2v) is 6.45. The number of hydrogen-bond donors (Lipinski definition) is 2. The van der Waals surface area contributed by atoms with Crippen molar-refractivity contribution >= 4 is 17.3 Å². The third-order valence-corrected chi connectivity index (χ3v) is 4.10. The fourth-order valence-electron chi connectivity index (χ4n) is 2.85. The fourth-order valence-corrected chi connectivity index (χ4v) is 2.85. The molecule has 0 fully saturated rings. The summed E-state index contributed by atoms with van der Waals surface area (Å²) in [6.45, 7) is 1.83. The van der Waals surface area contributed by atoms with Crippen molar-refractivity contribution < 1.29 is 18.0 Å². The Morgan fingerprint density at radius 2 is 1.93 bits per heavy atom. The van der Waals surface area contributed by atoms with E-state index in [9.17, 15) is 22.8 Å². The van der Waals surface area contributed by atoms with Crippen molar-refractivity contribution in [2.24, 2.45) is 0 Å². The van der Waals surface area contributed by atoms with E-state index in [0.717, 1.165) is 29.6 Å². The molecule has 0 aliphatic carbocycles. The van der Waals surface area contributed by atoms with E-state index in [-0.39, 0.29) is 5.82 Å². The Bertz CT molecular complexity index is 1100. The number of aromatic nitrogens is 4. The zero-order valence-electron chi connectivity index (χ0n) is 15.7. The van der Waals surface area contributed by atoms with Crippen LogP contribution in [0.1, 0.15) is 21.6 Å². The molecular weight excluding hydrogens is 389 g/mol. The lowest BCUT2D eigenvalue weighted by Crippen LogP contribution is -2.22. The highest BCUT2D eigenvalue weighted by Crippen LogP contribution is 2.33. The number of hydrogen-bond acceptors (Lipinski definition) is 5. The topological polar surface area (TPSA) is 95.9 Å². The lowest BCUT2D eigenvalue weighted by molar-refractivity contribution is -0.143. The molecule has 2 N–H and O–H groups in total. The van der Waals surface area contributed by atoms with E-state index in [0.29, 0.717) is 10.4 Å². The smallest absolute Gasteiger partial charge is 0.377 e. The normalized spacial score (nSPS) is 11.4. The van der Waals surface area contributed by atoms with Crippen LogP contribution in [0.4, 0.5) is 24.5 Å². The second kappa shape index (κ2) is 7.41. The van der Waals surface area contributed by atoms with Crippen LogP contribution >= 0.6 is 0 Å². The largest absolute Gasteiger partial charge is 0.434 e. The summed E-state index contributed by atoms with van der Waals surface area (Å²) in [5.74, 6) is -1.24. The Labute approximate surface area is 163 Å². The van der Waals surface area contributed by atoms with E-state index in [1.165, 1.54) is 0 Å². The number of halogens is 3. The molecule has 1 aromatic carbocycles. The minimum absolute atomic E-state index is 0.276. The van der Waals surface area contributed by atoms with Crippen LogP contribution in [0.2, 0.25) is 0 Å². The minimum atomic E-state index is -4.88. The molecule has 2 heterocycles. The first kappa shape index (κ1) is 20.1. The zero-order chi connectivity index (χ0) is 21.3. The van der Waals surface area contributed by atoms with E-state index < -0.39 is 28.9 Å². The lowest BCUT2D eigenvalue weighted by atomic mass is 10.1. The number of aromatic amines is 1. The van der Waals surface area contributed by atoms with Crippen molar-refractivity contribution in [2.75, 3.05) is 24.3 Å². The summed E-state index contributed by atoms with van der Waals surface area (Å²) in [5.41, 5.74) is -0.436. The van der Waals surface area contributed by atoms with Crippen LogP contribution in [0.25, 0.3) is 5.82 Å². The number of H-pyrrole nitrogens is 1. The quantitative estimate of drug-likeness (QED) is 0.695. The van der Waals surface area contributed by atoms with Gasteiger partial charge in [-0.2, -0.15) is 23.4 Å². The fraction of sp³-hybridized carbons (Fsp3) is 0.222. The van der Waals surface area contributed by atoms with Crippen molar-refractivity contribution in [1.29, 1.82) is 0 Å². The highest BCUT2D eigenvalue weighted by molar-refractivity contribution is 6.05. The Morgan fingerprint density at radius 1 is 1.21 bits per heavy atom. The SMILES string of the molecule is Cc1cc(NC(=O)c2cnn(-c3ccc(=O)[nH]n3)c2C(F)(F)F)ccc1N(C)C. The molecule has 3 aromatic rings. The number of amides is 1. The van der Waals surface area contributed by atoms with E-state index in [1.54, 1.807) is 18.2 Å². The maximum atomic E-state index is 13.7. The van der Waals surface area contributed by atoms with Gasteiger partial charge in [0.1, 0.15) is 0 Å². The molecule has 0 bridgehead atoms. The van der Waals surface area contributed by atoms with Crippen LogP contribution < -0.4 is 15.8 Å². The van der Waals surface area contributed by atoms with Gasteiger partial charge in [0.05, 0.1) is 11.8 Å². The third-order valence-electron chi connectivity index (χ3n) is 4.10. The number of benzene rings is 1. The van der Waals surface area contributed by atoms with E-state index in [4.69, 9.17) is 0 Å². The Hall–Kier alpha value is -3.63. The maximum absolute atomic E-state index is 13.7. The van der Waals surface area contributed by atoms with E-state index in [2.05, 4.69) is 15.5 Å². The van der Waals surface area contributed by atoms with Crippen LogP contribution in [-0.4, -0.2) is 40.0 Å². The number of nitrogens with zero attached hydrogens (tertiary/aromatic N) is 4. The van der Waals surface area contributed by atoms with Gasteiger partial charge < -0.3 is 10.2 Å². The molecule has 29 heavy (non-hydrogen) atoms. The Balaban J connectivity index is 1.98. The summed E-state index contributed by atoms with van der Waals surface area (Å²) >= 11 is 0. The third kappa shape index (κ3) is 4.13. The molecule has 152 valence electrons. The number of alkyl halides is 3. The van der Waals surface area contributed by atoms with Gasteiger partial charge in [-0.25, -0.2) is 9.78 Å². The van der Waals surface area contributed by atoms with Crippen LogP contribution in [0.3, 0.4) is 0 Å². The molecule has 0 unspecified atom stereocenters. The summed E-state index contributed by atoms with van der Waals surface area (Å²) < 4.78 is 41.5. The summed E-state index contributed by atoms with van der Waals surface area (Å²) in [6.07, 6.45) is -4.07. The molecule has 3 rings (SSSR count). The monoisotopic (exact) mass is 406 g/mol. The van der Waals surface area contributed by atoms with E-state index in [1.807, 2.05) is 31.0 Å². The minimum Gasteiger partial charge on any atom is -0.377 e. The summed E-state index contributed by atoms with van der Waals surface area (Å²) in [6, 6.07) is 7.10. The molecule has 8 nitrogen and oxygen atoms in total. The van der Waals surface area contributed by atoms with Crippen molar-refractivity contribution in [3.05, 3.63) is 63.7 Å². The highest BCUT2D eigenvalue weighted by Gasteiger charge is 2.41. The zero-order valence-corrected chi connectivity index (χ0v) is 15.7. The van der Waals surface area contributed by atoms with Crippen molar-refractivity contribution in [1.82, 2.24) is 20.0 Å². The molecule has 2 aromatic heterocycles. The molecule has 0 saturated heterocycles. The number of carbonyl (C=O) groups is 1. The van der Waals surface area contributed by atoms with Gasteiger partial charge >= 0.3 is 6.18 Å². The summed E-state index contributed by atoms with van der Waals surface area (Å²) in [7, 11) is 3.71. The van der Waals surface area contributed by atoms with Crippen molar-refractivity contribution in [2.45, 2.75) is 13.1 Å². The maximum Gasteiger partial charge on any atom is 0.434 e. The van der Waals surface area contributed by atoms with Gasteiger partial charge in [-0.1, -0.05) is 0 Å². The summed E-state index contributed by atoms with van der Waals surface area (Å²) in [5, 5.41) is 11.7. The van der Waals surface area contributed by atoms with Crippen LogP contribution in [0, 0.1) is 6.92 Å². The highest BCUT2D eigenvalue weighted by atomic mass is 19.4. The van der Waals surface area contributed by atoms with Gasteiger partial charge in [-0.15, -0.1) is 0 Å². The van der Waals surface area contributed by atoms with E-state index >= 15 is 0 Å². The van der Waals surface area contributed by atoms with Gasteiger partial charge in [-0.05, 0) is 36.8 Å². The van der Waals surface area contributed by atoms with Gasteiger partial charge in [0.25, 0.3) is 11.5 Å². The molecule has 0 atom stereocenters. The number of aryl methyl sites for hydroxylation is 1. The number of carbonyl (C=O) groups excluding carboxylic acids is 1. The number of anilines is 2. The molecule has 0 saturated carbocycles. The Morgan fingerprint density at radius 3 is 2.48 bits per heavy atom. The van der Waals surface area contributed by atoms with Gasteiger partial charge in [-0.3, -0.25) is 9.59 Å². The molecule has 1 amide bonds. The average Bonchev–Trinajstić information content (AvgIpc) is 3.07. The first-order valence-corrected chi connectivity index (χ1v) is 8.38. The van der Waals surface area contributed by atoms with Crippen molar-refractivity contribution in [3.63, 3.8) is 0 Å². The lowest BCUT2D eigenvalue weighted by Gasteiger charge is -2.17. The molecular formula is C18H17F3N6O2. The number of nitrogens with one attached hydrogen (secondary N) is 2. The molecule has 0 aliphatic rings. The predicted molar refractivity (Wildman–Crippen MR) is 100 cm³/mol. The van der Waals surface area contributed by atoms with Crippen LogP contribution in [0.5, 0.6) is 0 Å². The second-order valence-electron chi connectivity index (χ2n) is 6.45. The predicted octanol–water partition coefficient (Wildman–Crippen LogP) is 2.60. The molecule has 0 aliphatic heterocycles. The van der Waals surface area contributed by atoms with Gasteiger partial charge in [0.15, 0.2) is 11.5 Å². The van der Waals surface area contributed by atoms with Crippen molar-refractivity contribution in [3.8, 4) is 5.82 Å². The van der Waals surface area contributed by atoms with Gasteiger partial charge in [0.2, 0.25) is 0 Å². The molecule has 0 radical (unpaired) electrons. The Kier molecular flexibility index (Phi) is 5.14. The average molecular weight is 406 g/mol. The molecule has 11 heteroatoms. The first-order chi connectivity index (χ1) is 13.6.